The lowest BCUT2D eigenvalue weighted by molar-refractivity contribution is -0.152. The predicted octanol–water partition coefficient (Wildman–Crippen LogP) is -2.11. The van der Waals surface area contributed by atoms with E-state index in [2.05, 4.69) is 9.24 Å². The molecular weight excluding hydrogens is 143 g/mol. The molecule has 4 N–H and O–H groups in total. The Hall–Kier alpha value is 0.270. The average molecular weight is 154 g/mol. The van der Waals surface area contributed by atoms with Crippen molar-refractivity contribution in [3.63, 3.8) is 0 Å². The summed E-state index contributed by atoms with van der Waals surface area (Å²) >= 11 is 0. The molecule has 0 rings (SSSR count). The highest BCUT2D eigenvalue weighted by atomic mass is 31.0. The molecule has 0 bridgehead atoms. The molecule has 0 aliphatic heterocycles. The van der Waals surface area contributed by atoms with Crippen LogP contribution in [0.25, 0.3) is 0 Å². The zero-order valence-corrected chi connectivity index (χ0v) is 5.96. The van der Waals surface area contributed by atoms with Crippen molar-refractivity contribution in [2.75, 3.05) is 6.16 Å². The van der Waals surface area contributed by atoms with E-state index in [1.54, 1.807) is 0 Å². The fourth-order valence-corrected chi connectivity index (χ4v) is 0.617. The summed E-state index contributed by atoms with van der Waals surface area (Å²) < 4.78 is 0. The topological polar surface area (TPSA) is 80.9 Å². The van der Waals surface area contributed by atoms with Crippen LogP contribution in [0, 0.1) is 0 Å². The third kappa shape index (κ3) is 3.08. The minimum absolute atomic E-state index is 0.221. The molecule has 0 amide bonds. The third-order valence-corrected chi connectivity index (χ3v) is 1.42. The van der Waals surface area contributed by atoms with Crippen molar-refractivity contribution < 1.29 is 20.4 Å². The Balaban J connectivity index is 3.58. The lowest BCUT2D eigenvalue weighted by Gasteiger charge is -2.16. The zero-order valence-electron chi connectivity index (χ0n) is 4.81. The molecular formula is C4H11O4P. The summed E-state index contributed by atoms with van der Waals surface area (Å²) in [5.74, 6) is 0. The molecule has 3 atom stereocenters. The van der Waals surface area contributed by atoms with Crippen molar-refractivity contribution in [3.8, 4) is 0 Å². The summed E-state index contributed by atoms with van der Waals surface area (Å²) in [5, 5.41) is 33.9. The number of rotatable bonds is 3. The minimum Gasteiger partial charge on any atom is -0.390 e. The molecule has 4 nitrogen and oxygen atoms in total. The van der Waals surface area contributed by atoms with Crippen molar-refractivity contribution >= 4 is 9.24 Å². The van der Waals surface area contributed by atoms with Gasteiger partial charge in [0.25, 0.3) is 0 Å². The van der Waals surface area contributed by atoms with E-state index in [0.29, 0.717) is 0 Å². The maximum atomic E-state index is 8.71. The molecule has 0 aromatic carbocycles. The van der Waals surface area contributed by atoms with E-state index in [4.69, 9.17) is 20.4 Å². The minimum atomic E-state index is -1.86. The normalized spacial score (nSPS) is 18.0. The first-order valence-corrected chi connectivity index (χ1v) is 3.33. The van der Waals surface area contributed by atoms with E-state index >= 15 is 0 Å². The molecule has 0 saturated heterocycles. The van der Waals surface area contributed by atoms with Gasteiger partial charge in [0, 0.05) is 0 Å². The molecule has 0 heterocycles. The molecule has 9 heavy (non-hydrogen) atoms. The Morgan fingerprint density at radius 3 is 1.67 bits per heavy atom. The molecule has 0 aliphatic rings. The van der Waals surface area contributed by atoms with Gasteiger partial charge in [0.1, 0.15) is 6.10 Å². The highest BCUT2D eigenvalue weighted by Crippen LogP contribution is 2.00. The lowest BCUT2D eigenvalue weighted by Crippen LogP contribution is -2.37. The van der Waals surface area contributed by atoms with Crippen LogP contribution in [0.4, 0.5) is 0 Å². The molecule has 0 aromatic rings. The van der Waals surface area contributed by atoms with Gasteiger partial charge in [-0.2, -0.15) is 0 Å². The first kappa shape index (κ1) is 9.27. The van der Waals surface area contributed by atoms with Crippen LogP contribution in [0.1, 0.15) is 0 Å². The Morgan fingerprint density at radius 2 is 1.56 bits per heavy atom. The van der Waals surface area contributed by atoms with Gasteiger partial charge < -0.3 is 20.4 Å². The van der Waals surface area contributed by atoms with E-state index < -0.39 is 18.5 Å². The summed E-state index contributed by atoms with van der Waals surface area (Å²) in [6.07, 6.45) is -4.20. The Morgan fingerprint density at radius 1 is 1.11 bits per heavy atom. The van der Waals surface area contributed by atoms with Gasteiger partial charge in [-0.05, 0) is 6.16 Å². The molecule has 3 unspecified atom stereocenters. The quantitative estimate of drug-likeness (QED) is 0.277. The van der Waals surface area contributed by atoms with Crippen LogP contribution in [0.15, 0.2) is 0 Å². The van der Waals surface area contributed by atoms with Crippen molar-refractivity contribution in [3.05, 3.63) is 0 Å². The van der Waals surface area contributed by atoms with Gasteiger partial charge in [0.2, 0.25) is 0 Å². The summed E-state index contributed by atoms with van der Waals surface area (Å²) in [7, 11) is 2.18. The van der Waals surface area contributed by atoms with E-state index in [0.717, 1.165) is 0 Å². The van der Waals surface area contributed by atoms with E-state index in [1.165, 1.54) is 0 Å². The second kappa shape index (κ2) is 4.14. The van der Waals surface area contributed by atoms with E-state index in [9.17, 15) is 0 Å². The van der Waals surface area contributed by atoms with Crippen LogP contribution in [-0.2, 0) is 0 Å². The first-order valence-electron chi connectivity index (χ1n) is 2.52. The van der Waals surface area contributed by atoms with Gasteiger partial charge in [0.15, 0.2) is 6.29 Å². The molecule has 0 fully saturated rings. The Bertz CT molecular complexity index is 77.0. The van der Waals surface area contributed by atoms with Crippen LogP contribution >= 0.6 is 9.24 Å². The summed E-state index contributed by atoms with van der Waals surface area (Å²) in [6, 6.07) is 0. The molecule has 0 spiro atoms. The van der Waals surface area contributed by atoms with Gasteiger partial charge in [-0.3, -0.25) is 0 Å². The molecule has 0 aliphatic carbocycles. The summed E-state index contributed by atoms with van der Waals surface area (Å²) in [4.78, 5) is 0. The fourth-order valence-electron chi connectivity index (χ4n) is 0.338. The molecule has 56 valence electrons. The summed E-state index contributed by atoms with van der Waals surface area (Å²) in [6.45, 7) is 0. The second-order valence-corrected chi connectivity index (χ2v) is 2.18. The molecule has 0 saturated carbocycles. The monoisotopic (exact) mass is 154 g/mol. The van der Waals surface area contributed by atoms with Crippen LogP contribution in [0.5, 0.6) is 0 Å². The van der Waals surface area contributed by atoms with Crippen molar-refractivity contribution in [2.45, 2.75) is 18.5 Å². The third-order valence-electron chi connectivity index (χ3n) is 0.941. The Labute approximate surface area is 55.3 Å². The molecule has 0 radical (unpaired) electrons. The van der Waals surface area contributed by atoms with Gasteiger partial charge in [-0.15, -0.1) is 9.24 Å². The average Bonchev–Trinajstić information content (AvgIpc) is 1.84. The largest absolute Gasteiger partial charge is 0.390 e. The molecule has 5 heteroatoms. The van der Waals surface area contributed by atoms with Crippen LogP contribution in [0.3, 0.4) is 0 Å². The zero-order chi connectivity index (χ0) is 7.44. The highest BCUT2D eigenvalue weighted by molar-refractivity contribution is 7.16. The maximum absolute atomic E-state index is 8.71. The van der Waals surface area contributed by atoms with Gasteiger partial charge in [-0.25, -0.2) is 0 Å². The Kier molecular flexibility index (Phi) is 4.27. The number of hydrogen-bond acceptors (Lipinski definition) is 4. The predicted molar refractivity (Wildman–Crippen MR) is 34.8 cm³/mol. The van der Waals surface area contributed by atoms with Gasteiger partial charge >= 0.3 is 0 Å². The molecule has 0 aromatic heterocycles. The maximum Gasteiger partial charge on any atom is 0.180 e. The first-order chi connectivity index (χ1) is 4.09. The van der Waals surface area contributed by atoms with Crippen LogP contribution in [-0.4, -0.2) is 45.1 Å². The van der Waals surface area contributed by atoms with Crippen molar-refractivity contribution in [1.82, 2.24) is 0 Å². The fraction of sp³-hybridized carbons (Fsp3) is 1.00. The smallest absolute Gasteiger partial charge is 0.180 e. The SMILES string of the molecule is OC(O)C(O)C(O)CP. The van der Waals surface area contributed by atoms with Crippen molar-refractivity contribution in [2.24, 2.45) is 0 Å². The second-order valence-electron chi connectivity index (χ2n) is 1.71. The number of aliphatic hydroxyl groups is 4. The van der Waals surface area contributed by atoms with Gasteiger partial charge in [-0.1, -0.05) is 0 Å². The van der Waals surface area contributed by atoms with E-state index in [1.807, 2.05) is 0 Å². The van der Waals surface area contributed by atoms with Crippen molar-refractivity contribution in [1.29, 1.82) is 0 Å². The standard InChI is InChI=1S/C4H11O4P/c5-2(1-9)3(6)4(7)8/h2-8H,1,9H2. The lowest BCUT2D eigenvalue weighted by atomic mass is 10.2. The summed E-state index contributed by atoms with van der Waals surface area (Å²) in [5.41, 5.74) is 0. The highest BCUT2D eigenvalue weighted by Gasteiger charge is 2.20. The number of hydrogen-bond donors (Lipinski definition) is 4. The van der Waals surface area contributed by atoms with Crippen LogP contribution in [0.2, 0.25) is 0 Å². The van der Waals surface area contributed by atoms with E-state index in [-0.39, 0.29) is 6.16 Å². The van der Waals surface area contributed by atoms with Gasteiger partial charge in [0.05, 0.1) is 6.10 Å². The number of aliphatic hydroxyl groups excluding tert-OH is 3. The van der Waals surface area contributed by atoms with Crippen LogP contribution < -0.4 is 0 Å².